The van der Waals surface area contributed by atoms with E-state index in [0.717, 1.165) is 37.7 Å². The van der Waals surface area contributed by atoms with Gasteiger partial charge in [0.15, 0.2) is 0 Å². The fourth-order valence-corrected chi connectivity index (χ4v) is 3.57. The number of nitrogens with two attached hydrogens (primary N) is 1. The van der Waals surface area contributed by atoms with E-state index in [-0.39, 0.29) is 0 Å². The van der Waals surface area contributed by atoms with Crippen LogP contribution in [-0.4, -0.2) is 11.6 Å². The van der Waals surface area contributed by atoms with E-state index in [0.29, 0.717) is 4.99 Å². The highest BCUT2D eigenvalue weighted by Crippen LogP contribution is 2.36. The van der Waals surface area contributed by atoms with Gasteiger partial charge in [-0.1, -0.05) is 12.2 Å². The van der Waals surface area contributed by atoms with Gasteiger partial charge in [0.05, 0.1) is 11.5 Å². The van der Waals surface area contributed by atoms with Crippen molar-refractivity contribution >= 4 is 54.6 Å². The molecule has 2 nitrogen and oxygen atoms in total. The topological polar surface area (TPSA) is 35.2 Å². The second-order valence-corrected chi connectivity index (χ2v) is 6.90. The summed E-state index contributed by atoms with van der Waals surface area (Å²) in [5.74, 6) is 1.67. The van der Waals surface area contributed by atoms with Crippen molar-refractivity contribution in [1.29, 1.82) is 0 Å². The summed E-state index contributed by atoms with van der Waals surface area (Å²) in [5, 5.41) is 1.13. The molecule has 2 aromatic rings. The number of benzene rings is 1. The molecular formula is C13H12BrNOS2. The first-order chi connectivity index (χ1) is 8.63. The molecule has 0 spiro atoms. The molecule has 1 aliphatic carbocycles. The molecule has 1 aromatic heterocycles. The van der Waals surface area contributed by atoms with Crippen molar-refractivity contribution in [1.82, 2.24) is 0 Å². The van der Waals surface area contributed by atoms with Crippen LogP contribution in [-0.2, 0) is 0 Å². The summed E-state index contributed by atoms with van der Waals surface area (Å²) in [6, 6.07) is 6.10. The Morgan fingerprint density at radius 1 is 1.44 bits per heavy atom. The minimum Gasteiger partial charge on any atom is -0.493 e. The molecule has 5 heteroatoms. The predicted octanol–water partition coefficient (Wildman–Crippen LogP) is 4.09. The third-order valence-corrected chi connectivity index (χ3v) is 5.42. The Kier molecular flexibility index (Phi) is 3.30. The maximum absolute atomic E-state index is 5.80. The van der Waals surface area contributed by atoms with Gasteiger partial charge in [-0.15, -0.1) is 11.3 Å². The van der Waals surface area contributed by atoms with Gasteiger partial charge in [-0.05, 0) is 58.3 Å². The Hall–Kier alpha value is -0.650. The SMILES string of the molecule is NC(=S)c1cc2cc(OCC3CC3)cc(Br)c2s1. The Bertz CT molecular complexity index is 619. The molecule has 3 rings (SSSR count). The summed E-state index contributed by atoms with van der Waals surface area (Å²) < 4.78 is 8.00. The van der Waals surface area contributed by atoms with E-state index in [1.165, 1.54) is 12.8 Å². The second-order valence-electron chi connectivity index (χ2n) is 4.55. The number of halogens is 1. The summed E-state index contributed by atoms with van der Waals surface area (Å²) in [6.07, 6.45) is 2.60. The van der Waals surface area contributed by atoms with Crippen LogP contribution in [0.15, 0.2) is 22.7 Å². The van der Waals surface area contributed by atoms with Crippen molar-refractivity contribution in [3.05, 3.63) is 27.5 Å². The van der Waals surface area contributed by atoms with Crippen molar-refractivity contribution in [3.63, 3.8) is 0 Å². The van der Waals surface area contributed by atoms with Gasteiger partial charge < -0.3 is 10.5 Å². The highest BCUT2D eigenvalue weighted by molar-refractivity contribution is 9.10. The number of thiocarbonyl (C=S) groups is 1. The fraction of sp³-hybridized carbons (Fsp3) is 0.308. The molecular weight excluding hydrogens is 330 g/mol. The van der Waals surface area contributed by atoms with Crippen LogP contribution in [0.5, 0.6) is 5.75 Å². The van der Waals surface area contributed by atoms with Gasteiger partial charge in [0, 0.05) is 9.17 Å². The fourth-order valence-electron chi connectivity index (χ4n) is 1.79. The van der Waals surface area contributed by atoms with Gasteiger partial charge in [-0.2, -0.15) is 0 Å². The highest BCUT2D eigenvalue weighted by atomic mass is 79.9. The lowest BCUT2D eigenvalue weighted by atomic mass is 10.2. The molecule has 1 fully saturated rings. The Labute approximate surface area is 123 Å². The van der Waals surface area contributed by atoms with Gasteiger partial charge in [-0.3, -0.25) is 0 Å². The summed E-state index contributed by atoms with van der Waals surface area (Å²) in [4.78, 5) is 1.39. The quantitative estimate of drug-likeness (QED) is 0.850. The minimum absolute atomic E-state index is 0.448. The number of hydrogen-bond acceptors (Lipinski definition) is 3. The smallest absolute Gasteiger partial charge is 0.121 e. The van der Waals surface area contributed by atoms with Crippen LogP contribution in [0, 0.1) is 5.92 Å². The third-order valence-electron chi connectivity index (χ3n) is 2.97. The number of thiophene rings is 1. The highest BCUT2D eigenvalue weighted by Gasteiger charge is 2.22. The van der Waals surface area contributed by atoms with E-state index in [9.17, 15) is 0 Å². The van der Waals surface area contributed by atoms with E-state index in [1.807, 2.05) is 12.1 Å². The first kappa shape index (κ1) is 12.4. The summed E-state index contributed by atoms with van der Waals surface area (Å²) in [6.45, 7) is 0.824. The van der Waals surface area contributed by atoms with Crippen LogP contribution in [0.3, 0.4) is 0 Å². The molecule has 1 aromatic carbocycles. The first-order valence-electron chi connectivity index (χ1n) is 5.79. The van der Waals surface area contributed by atoms with Gasteiger partial charge in [0.1, 0.15) is 10.7 Å². The van der Waals surface area contributed by atoms with Crippen molar-refractivity contribution in [2.24, 2.45) is 11.7 Å². The average molecular weight is 342 g/mol. The van der Waals surface area contributed by atoms with E-state index in [1.54, 1.807) is 11.3 Å². The lowest BCUT2D eigenvalue weighted by molar-refractivity contribution is 0.300. The lowest BCUT2D eigenvalue weighted by Gasteiger charge is -2.06. The summed E-state index contributed by atoms with van der Waals surface area (Å²) >= 11 is 10.2. The molecule has 0 unspecified atom stereocenters. The van der Waals surface area contributed by atoms with Gasteiger partial charge >= 0.3 is 0 Å². The standard InChI is InChI=1S/C13H12BrNOS2/c14-10-5-9(16-6-7-1-2-7)3-8-4-11(13(15)17)18-12(8)10/h3-5,7H,1-2,6H2,(H2,15,17). The molecule has 18 heavy (non-hydrogen) atoms. The number of hydrogen-bond donors (Lipinski definition) is 1. The predicted molar refractivity (Wildman–Crippen MR) is 83.6 cm³/mol. The van der Waals surface area contributed by atoms with Crippen LogP contribution in [0.2, 0.25) is 0 Å². The molecule has 1 saturated carbocycles. The third kappa shape index (κ3) is 2.53. The van der Waals surface area contributed by atoms with Gasteiger partial charge in [0.2, 0.25) is 0 Å². The maximum Gasteiger partial charge on any atom is 0.121 e. The van der Waals surface area contributed by atoms with Crippen LogP contribution in [0.1, 0.15) is 17.7 Å². The molecule has 94 valence electrons. The zero-order chi connectivity index (χ0) is 12.7. The molecule has 0 radical (unpaired) electrons. The molecule has 0 saturated heterocycles. The summed E-state index contributed by atoms with van der Waals surface area (Å²) in [7, 11) is 0. The minimum atomic E-state index is 0.448. The number of fused-ring (bicyclic) bond motifs is 1. The Morgan fingerprint density at radius 3 is 2.89 bits per heavy atom. The largest absolute Gasteiger partial charge is 0.493 e. The zero-order valence-electron chi connectivity index (χ0n) is 9.61. The Balaban J connectivity index is 1.94. The molecule has 0 amide bonds. The van der Waals surface area contributed by atoms with Crippen molar-refractivity contribution in [2.75, 3.05) is 6.61 Å². The Morgan fingerprint density at radius 2 is 2.22 bits per heavy atom. The van der Waals surface area contributed by atoms with E-state index in [4.69, 9.17) is 22.7 Å². The lowest BCUT2D eigenvalue weighted by Crippen LogP contribution is -2.06. The average Bonchev–Trinajstić information content (AvgIpc) is 3.04. The summed E-state index contributed by atoms with van der Waals surface area (Å²) in [5.41, 5.74) is 5.67. The molecule has 1 aliphatic rings. The monoisotopic (exact) mass is 341 g/mol. The molecule has 1 heterocycles. The maximum atomic E-state index is 5.80. The molecule has 0 bridgehead atoms. The van der Waals surface area contributed by atoms with Crippen LogP contribution in [0.25, 0.3) is 10.1 Å². The van der Waals surface area contributed by atoms with Crippen molar-refractivity contribution in [2.45, 2.75) is 12.8 Å². The molecule has 0 aliphatic heterocycles. The van der Waals surface area contributed by atoms with Crippen LogP contribution < -0.4 is 10.5 Å². The van der Waals surface area contributed by atoms with Crippen molar-refractivity contribution < 1.29 is 4.74 Å². The van der Waals surface area contributed by atoms with E-state index < -0.39 is 0 Å². The normalized spacial score (nSPS) is 14.9. The van der Waals surface area contributed by atoms with Crippen molar-refractivity contribution in [3.8, 4) is 5.75 Å². The van der Waals surface area contributed by atoms with E-state index >= 15 is 0 Å². The van der Waals surface area contributed by atoms with E-state index in [2.05, 4.69) is 22.0 Å². The molecule has 0 atom stereocenters. The van der Waals surface area contributed by atoms with Crippen LogP contribution >= 0.6 is 39.5 Å². The first-order valence-corrected chi connectivity index (χ1v) is 7.81. The number of rotatable bonds is 4. The van der Waals surface area contributed by atoms with Gasteiger partial charge in [0.25, 0.3) is 0 Å². The van der Waals surface area contributed by atoms with Gasteiger partial charge in [-0.25, -0.2) is 0 Å². The zero-order valence-corrected chi connectivity index (χ0v) is 12.8. The number of ether oxygens (including phenoxy) is 1. The molecule has 2 N–H and O–H groups in total. The second kappa shape index (κ2) is 4.79. The van der Waals surface area contributed by atoms with Crippen LogP contribution in [0.4, 0.5) is 0 Å².